The van der Waals surface area contributed by atoms with Gasteiger partial charge >= 0.3 is 0 Å². The van der Waals surface area contributed by atoms with Gasteiger partial charge in [0.2, 0.25) is 0 Å². The van der Waals surface area contributed by atoms with E-state index in [1.165, 1.54) is 12.1 Å². The number of para-hydroxylation sites is 1. The first kappa shape index (κ1) is 14.7. The van der Waals surface area contributed by atoms with Crippen LogP contribution in [-0.2, 0) is 6.54 Å². The summed E-state index contributed by atoms with van der Waals surface area (Å²) in [4.78, 5) is 2.35. The third-order valence-corrected chi connectivity index (χ3v) is 3.60. The summed E-state index contributed by atoms with van der Waals surface area (Å²) < 4.78 is 0. The Labute approximate surface area is 126 Å². The van der Waals surface area contributed by atoms with Crippen molar-refractivity contribution in [1.82, 2.24) is 0 Å². The van der Waals surface area contributed by atoms with E-state index in [0.717, 1.165) is 35.8 Å². The van der Waals surface area contributed by atoms with Crippen LogP contribution in [0.4, 0.5) is 11.4 Å². The number of nitrogens with two attached hydrogens (primary N) is 1. The van der Waals surface area contributed by atoms with Gasteiger partial charge in [0.05, 0.1) is 0 Å². The van der Waals surface area contributed by atoms with E-state index in [9.17, 15) is 0 Å². The van der Waals surface area contributed by atoms with E-state index >= 15 is 0 Å². The quantitative estimate of drug-likeness (QED) is 0.779. The van der Waals surface area contributed by atoms with E-state index in [1.807, 2.05) is 24.3 Å². The number of hydrogen-bond acceptors (Lipinski definition) is 2. The zero-order valence-corrected chi connectivity index (χ0v) is 12.6. The van der Waals surface area contributed by atoms with E-state index in [-0.39, 0.29) is 0 Å². The molecule has 106 valence electrons. The minimum atomic E-state index is 0.734. The molecule has 0 aliphatic rings. The number of hydrogen-bond donors (Lipinski definition) is 1. The molecule has 0 aliphatic heterocycles. The molecule has 0 unspecified atom stereocenters. The molecule has 20 heavy (non-hydrogen) atoms. The predicted octanol–water partition coefficient (Wildman–Crippen LogP) is 4.73. The lowest BCUT2D eigenvalue weighted by atomic mass is 10.1. The molecule has 0 heterocycles. The van der Waals surface area contributed by atoms with Crippen molar-refractivity contribution in [1.29, 1.82) is 0 Å². The van der Waals surface area contributed by atoms with Crippen LogP contribution in [0.15, 0.2) is 48.5 Å². The maximum atomic E-state index is 6.08. The smallest absolute Gasteiger partial charge is 0.0450 e. The van der Waals surface area contributed by atoms with Crippen LogP contribution in [0.25, 0.3) is 0 Å². The summed E-state index contributed by atoms with van der Waals surface area (Å²) in [6.07, 6.45) is 2.34. The van der Waals surface area contributed by atoms with Crippen LogP contribution < -0.4 is 10.6 Å². The molecule has 0 amide bonds. The summed E-state index contributed by atoms with van der Waals surface area (Å²) in [6, 6.07) is 16.1. The maximum absolute atomic E-state index is 6.08. The van der Waals surface area contributed by atoms with Gasteiger partial charge in [-0.2, -0.15) is 0 Å². The van der Waals surface area contributed by atoms with Gasteiger partial charge in [0.15, 0.2) is 0 Å². The fourth-order valence-corrected chi connectivity index (χ4v) is 2.40. The molecule has 0 aliphatic carbocycles. The van der Waals surface area contributed by atoms with E-state index in [4.69, 9.17) is 17.3 Å². The zero-order valence-electron chi connectivity index (χ0n) is 11.8. The molecule has 0 bridgehead atoms. The molecule has 3 heteroatoms. The summed E-state index contributed by atoms with van der Waals surface area (Å²) in [5.74, 6) is 0. The number of halogens is 1. The molecular weight excluding hydrogens is 268 g/mol. The van der Waals surface area contributed by atoms with Crippen LogP contribution in [0.2, 0.25) is 5.02 Å². The molecule has 0 fully saturated rings. The highest BCUT2D eigenvalue weighted by Gasteiger charge is 2.09. The highest BCUT2D eigenvalue weighted by atomic mass is 35.5. The summed E-state index contributed by atoms with van der Waals surface area (Å²) in [6.45, 7) is 4.01. The third kappa shape index (κ3) is 3.91. The highest BCUT2D eigenvalue weighted by Crippen LogP contribution is 2.23. The Morgan fingerprint density at radius 3 is 2.55 bits per heavy atom. The van der Waals surface area contributed by atoms with Crippen molar-refractivity contribution in [2.24, 2.45) is 0 Å². The first-order valence-corrected chi connectivity index (χ1v) is 7.42. The number of anilines is 2. The fraction of sp³-hybridized carbons (Fsp3) is 0.294. The van der Waals surface area contributed by atoms with E-state index in [0.29, 0.717) is 0 Å². The monoisotopic (exact) mass is 288 g/mol. The van der Waals surface area contributed by atoms with Gasteiger partial charge in [0, 0.05) is 29.5 Å². The van der Waals surface area contributed by atoms with Gasteiger partial charge in [-0.15, -0.1) is 0 Å². The first-order chi connectivity index (χ1) is 9.70. The van der Waals surface area contributed by atoms with Gasteiger partial charge < -0.3 is 10.6 Å². The molecule has 0 saturated heterocycles. The number of benzene rings is 2. The van der Waals surface area contributed by atoms with Crippen LogP contribution in [-0.4, -0.2) is 6.54 Å². The average Bonchev–Trinajstić information content (AvgIpc) is 2.48. The molecule has 2 aromatic carbocycles. The van der Waals surface area contributed by atoms with Gasteiger partial charge in [0.1, 0.15) is 0 Å². The molecule has 0 spiro atoms. The highest BCUT2D eigenvalue weighted by molar-refractivity contribution is 6.30. The molecule has 2 rings (SSSR count). The fourth-order valence-electron chi connectivity index (χ4n) is 2.20. The Balaban J connectivity index is 2.21. The summed E-state index contributed by atoms with van der Waals surface area (Å²) in [7, 11) is 0. The van der Waals surface area contributed by atoms with Crippen LogP contribution in [0.1, 0.15) is 25.3 Å². The minimum Gasteiger partial charge on any atom is -0.398 e. The van der Waals surface area contributed by atoms with Crippen molar-refractivity contribution in [2.45, 2.75) is 26.3 Å². The number of rotatable bonds is 6. The van der Waals surface area contributed by atoms with Gasteiger partial charge in [-0.1, -0.05) is 43.1 Å². The Morgan fingerprint density at radius 2 is 1.85 bits per heavy atom. The second kappa shape index (κ2) is 7.20. The van der Waals surface area contributed by atoms with Crippen LogP contribution in [0, 0.1) is 0 Å². The zero-order chi connectivity index (χ0) is 14.4. The Hall–Kier alpha value is -1.67. The van der Waals surface area contributed by atoms with Crippen LogP contribution >= 0.6 is 11.6 Å². The van der Waals surface area contributed by atoms with Crippen molar-refractivity contribution in [3.8, 4) is 0 Å². The molecule has 2 aromatic rings. The van der Waals surface area contributed by atoms with Gasteiger partial charge in [-0.3, -0.25) is 0 Å². The SMILES string of the molecule is CCCCN(Cc1cc(Cl)ccc1N)c1ccccc1. The number of nitrogens with zero attached hydrogens (tertiary/aromatic N) is 1. The van der Waals surface area contributed by atoms with E-state index in [2.05, 4.69) is 36.1 Å². The molecule has 0 aromatic heterocycles. The minimum absolute atomic E-state index is 0.734. The summed E-state index contributed by atoms with van der Waals surface area (Å²) >= 11 is 6.08. The largest absolute Gasteiger partial charge is 0.398 e. The standard InChI is InChI=1S/C17H21ClN2/c1-2-3-11-20(16-7-5-4-6-8-16)13-14-12-15(18)9-10-17(14)19/h4-10,12H,2-3,11,13,19H2,1H3. The van der Waals surface area contributed by atoms with Crippen molar-refractivity contribution in [3.63, 3.8) is 0 Å². The topological polar surface area (TPSA) is 29.3 Å². The van der Waals surface area contributed by atoms with E-state index < -0.39 is 0 Å². The van der Waals surface area contributed by atoms with Crippen LogP contribution in [0.5, 0.6) is 0 Å². The second-order valence-corrected chi connectivity index (χ2v) is 5.39. The lowest BCUT2D eigenvalue weighted by molar-refractivity contribution is 0.716. The molecule has 0 radical (unpaired) electrons. The Bertz CT molecular complexity index is 540. The van der Waals surface area contributed by atoms with Gasteiger partial charge in [-0.05, 0) is 42.3 Å². The van der Waals surface area contributed by atoms with Crippen molar-refractivity contribution >= 4 is 23.0 Å². The average molecular weight is 289 g/mol. The molecular formula is C17H21ClN2. The Kier molecular flexibility index (Phi) is 5.31. The Morgan fingerprint density at radius 1 is 1.10 bits per heavy atom. The molecule has 2 N–H and O–H groups in total. The number of unbranched alkanes of at least 4 members (excludes halogenated alkanes) is 1. The molecule has 2 nitrogen and oxygen atoms in total. The number of nitrogen functional groups attached to an aromatic ring is 1. The van der Waals surface area contributed by atoms with Crippen LogP contribution in [0.3, 0.4) is 0 Å². The maximum Gasteiger partial charge on any atom is 0.0450 e. The molecule has 0 saturated carbocycles. The summed E-state index contributed by atoms with van der Waals surface area (Å²) in [5, 5.41) is 0.734. The van der Waals surface area contributed by atoms with Gasteiger partial charge in [0.25, 0.3) is 0 Å². The van der Waals surface area contributed by atoms with Gasteiger partial charge in [-0.25, -0.2) is 0 Å². The lowest BCUT2D eigenvalue weighted by Crippen LogP contribution is -2.24. The summed E-state index contributed by atoms with van der Waals surface area (Å²) in [5.41, 5.74) is 9.16. The van der Waals surface area contributed by atoms with E-state index in [1.54, 1.807) is 0 Å². The van der Waals surface area contributed by atoms with Crippen molar-refractivity contribution in [3.05, 3.63) is 59.1 Å². The predicted molar refractivity (Wildman–Crippen MR) is 88.3 cm³/mol. The first-order valence-electron chi connectivity index (χ1n) is 7.04. The van der Waals surface area contributed by atoms with Crippen molar-refractivity contribution in [2.75, 3.05) is 17.2 Å². The molecule has 0 atom stereocenters. The normalized spacial score (nSPS) is 10.5. The van der Waals surface area contributed by atoms with Crippen molar-refractivity contribution < 1.29 is 0 Å². The second-order valence-electron chi connectivity index (χ2n) is 4.95. The lowest BCUT2D eigenvalue weighted by Gasteiger charge is -2.25. The third-order valence-electron chi connectivity index (χ3n) is 3.37.